The van der Waals surface area contributed by atoms with E-state index in [4.69, 9.17) is 19.4 Å². The Hall–Kier alpha value is -12.5. The lowest BCUT2D eigenvalue weighted by Gasteiger charge is -2.40. The van der Waals surface area contributed by atoms with Crippen LogP contribution in [0.25, 0.3) is 100 Å². The minimum atomic E-state index is -3.50. The van der Waals surface area contributed by atoms with Gasteiger partial charge in [0.1, 0.15) is 23.0 Å². The number of nitrogens with zero attached hydrogens (tertiary/aromatic N) is 2. The van der Waals surface area contributed by atoms with Crippen molar-refractivity contribution in [1.82, 2.24) is 9.97 Å². The van der Waals surface area contributed by atoms with Crippen LogP contribution in [-0.2, 0) is 15.4 Å². The minimum absolute atomic E-state index is 0.611. The third-order valence-corrected chi connectivity index (χ3v) is 24.4. The second-order valence-corrected chi connectivity index (χ2v) is 29.2. The van der Waals surface area contributed by atoms with E-state index in [0.29, 0.717) is 5.82 Å². The summed E-state index contributed by atoms with van der Waals surface area (Å²) in [6.45, 7) is 0. The van der Waals surface area contributed by atoms with Gasteiger partial charge in [0.05, 0.1) is 22.0 Å². The molecule has 15 aromatic carbocycles. The number of benzene rings is 15. The topological polar surface area (TPSA) is 61.3 Å². The first-order valence-corrected chi connectivity index (χ1v) is 35.8. The third kappa shape index (κ3) is 8.46. The summed E-state index contributed by atoms with van der Waals surface area (Å²) in [6, 6.07) is 126. The van der Waals surface area contributed by atoms with Crippen molar-refractivity contribution >= 4 is 34.0 Å². The Balaban J connectivity index is 0.655. The lowest BCUT2D eigenvalue weighted by atomic mass is 9.65. The summed E-state index contributed by atoms with van der Waals surface area (Å²) in [7, 11) is -3.50. The van der Waals surface area contributed by atoms with Crippen molar-refractivity contribution in [3.8, 4) is 112 Å². The summed E-state index contributed by atoms with van der Waals surface area (Å²) in [4.78, 5) is 10.2. The SMILES string of the molecule is O=P(c1ccccc1)(c1ccc(-c2ccc3c(c2)-c2ccccc2C32c3ccccc3Oc3c(-c4cccc(-c5ccc(-c6nc(-c7ccccc7)c7ccccc7n6)cc5)c4)cccc32)cc1)c1cccc(-c2cccc3c2Oc2ccccc2C32c3ccccc3-c3ccccc32)c1. The van der Waals surface area contributed by atoms with E-state index in [1.165, 1.54) is 38.9 Å². The van der Waals surface area contributed by atoms with Crippen LogP contribution in [0.4, 0.5) is 0 Å². The molecule has 0 saturated heterocycles. The lowest BCUT2D eigenvalue weighted by molar-refractivity contribution is 0.438. The highest BCUT2D eigenvalue weighted by Gasteiger charge is 2.53. The Morgan fingerprint density at radius 3 is 1.27 bits per heavy atom. The summed E-state index contributed by atoms with van der Waals surface area (Å²) < 4.78 is 31.1. The molecule has 20 rings (SSSR count). The van der Waals surface area contributed by atoms with Crippen LogP contribution in [0.1, 0.15) is 44.5 Å². The van der Waals surface area contributed by atoms with Crippen LogP contribution >= 0.6 is 7.14 Å². The van der Waals surface area contributed by atoms with Crippen LogP contribution in [0.3, 0.4) is 0 Å². The molecule has 2 unspecified atom stereocenters. The average Bonchev–Trinajstić information content (AvgIpc) is 1.49. The predicted octanol–water partition coefficient (Wildman–Crippen LogP) is 22.2. The molecule has 1 aromatic heterocycles. The zero-order chi connectivity index (χ0) is 66.1. The van der Waals surface area contributed by atoms with Crippen molar-refractivity contribution in [2.24, 2.45) is 0 Å². The van der Waals surface area contributed by atoms with Crippen molar-refractivity contribution in [1.29, 1.82) is 0 Å². The first kappa shape index (κ1) is 57.7. The van der Waals surface area contributed by atoms with Crippen LogP contribution < -0.4 is 25.4 Å². The van der Waals surface area contributed by atoms with E-state index in [2.05, 4.69) is 303 Å². The molecule has 2 aliphatic heterocycles. The Morgan fingerprint density at radius 1 is 0.250 bits per heavy atom. The molecule has 100 heavy (non-hydrogen) atoms. The fourth-order valence-corrected chi connectivity index (χ4v) is 19.6. The number of hydrogen-bond donors (Lipinski definition) is 0. The van der Waals surface area contributed by atoms with Gasteiger partial charge in [0, 0.05) is 65.8 Å². The molecule has 2 atom stereocenters. The molecular formula is C94H59N2O3P. The van der Waals surface area contributed by atoms with Gasteiger partial charge >= 0.3 is 0 Å². The molecule has 3 heterocycles. The van der Waals surface area contributed by atoms with Gasteiger partial charge in [-0.2, -0.15) is 0 Å². The van der Waals surface area contributed by atoms with Gasteiger partial charge < -0.3 is 14.0 Å². The molecule has 0 N–H and O–H groups in total. The minimum Gasteiger partial charge on any atom is -0.456 e. The zero-order valence-electron chi connectivity index (χ0n) is 54.1. The summed E-state index contributed by atoms with van der Waals surface area (Å²) in [5.74, 6) is 3.98. The largest absolute Gasteiger partial charge is 0.456 e. The fraction of sp³-hybridized carbons (Fsp3) is 0.0213. The Kier molecular flexibility index (Phi) is 13.0. The maximum absolute atomic E-state index is 16.7. The van der Waals surface area contributed by atoms with Crippen molar-refractivity contribution < 1.29 is 14.0 Å². The molecule has 0 saturated carbocycles. The van der Waals surface area contributed by atoms with Gasteiger partial charge in [-0.1, -0.05) is 322 Å². The summed E-state index contributed by atoms with van der Waals surface area (Å²) >= 11 is 0. The first-order valence-electron chi connectivity index (χ1n) is 34.1. The summed E-state index contributed by atoms with van der Waals surface area (Å²) in [5, 5.41) is 3.29. The normalized spacial score (nSPS) is 15.0. The van der Waals surface area contributed by atoms with Crippen LogP contribution in [0.15, 0.2) is 358 Å². The Bertz CT molecular complexity index is 6040. The van der Waals surface area contributed by atoms with Crippen molar-refractivity contribution in [2.45, 2.75) is 10.8 Å². The van der Waals surface area contributed by atoms with E-state index < -0.39 is 18.0 Å². The van der Waals surface area contributed by atoms with E-state index >= 15 is 4.57 Å². The maximum Gasteiger partial charge on any atom is 0.171 e. The number of fused-ring (bicyclic) bond motifs is 19. The maximum atomic E-state index is 16.7. The second-order valence-electron chi connectivity index (χ2n) is 26.4. The number of ether oxygens (including phenoxy) is 2. The predicted molar refractivity (Wildman–Crippen MR) is 406 cm³/mol. The fourth-order valence-electron chi connectivity index (χ4n) is 17.0. The van der Waals surface area contributed by atoms with Gasteiger partial charge in [0.2, 0.25) is 0 Å². The second kappa shape index (κ2) is 22.5. The highest BCUT2D eigenvalue weighted by molar-refractivity contribution is 7.85. The molecule has 16 aromatic rings. The van der Waals surface area contributed by atoms with Gasteiger partial charge in [0.25, 0.3) is 0 Å². The van der Waals surface area contributed by atoms with Gasteiger partial charge in [-0.3, -0.25) is 0 Å². The molecule has 0 fully saturated rings. The van der Waals surface area contributed by atoms with E-state index in [0.717, 1.165) is 139 Å². The molecule has 0 amide bonds. The van der Waals surface area contributed by atoms with Crippen LogP contribution in [0, 0.1) is 0 Å². The molecule has 0 radical (unpaired) electrons. The lowest BCUT2D eigenvalue weighted by Crippen LogP contribution is -2.32. The first-order chi connectivity index (χ1) is 49.4. The molecule has 5 nitrogen and oxygen atoms in total. The monoisotopic (exact) mass is 1290 g/mol. The standard InChI is InChI=1S/C94H59N2O3P/c97-100(68-28-5-2-6-29-68,70-30-20-27-67(58-70)72-36-22-42-84-91(72)99-87-45-17-14-40-82(87)93(84)78-37-11-7-31-73(78)74-32-8-12-38-79(74)93)69-54-51-61(52-55-69)65-53-56-81-77(59-65)75-33-9-13-39-80(75)94(81)83-41-15-18-46-88(83)98-90-71(35-21-43-85(90)94)66-26-19-25-64(57-66)60-47-49-63(50-48-60)92-95-86-44-16-10-34-76(86)89(96-92)62-23-3-1-4-24-62/h1-59H. The highest BCUT2D eigenvalue weighted by atomic mass is 31.2. The van der Waals surface area contributed by atoms with Gasteiger partial charge in [-0.05, 0) is 114 Å². The van der Waals surface area contributed by atoms with Gasteiger partial charge in [-0.25, -0.2) is 9.97 Å². The van der Waals surface area contributed by atoms with E-state index in [1.54, 1.807) is 0 Å². The van der Waals surface area contributed by atoms with Gasteiger partial charge in [-0.15, -0.1) is 0 Å². The smallest absolute Gasteiger partial charge is 0.171 e. The number of hydrogen-bond acceptors (Lipinski definition) is 5. The van der Waals surface area contributed by atoms with E-state index in [9.17, 15) is 0 Å². The summed E-state index contributed by atoms with van der Waals surface area (Å²) in [6.07, 6.45) is 0. The quantitative estimate of drug-likeness (QED) is 0.135. The van der Waals surface area contributed by atoms with Crippen LogP contribution in [-0.4, -0.2) is 9.97 Å². The number of para-hydroxylation sites is 5. The molecule has 0 bridgehead atoms. The van der Waals surface area contributed by atoms with Gasteiger partial charge in [0.15, 0.2) is 13.0 Å². The molecule has 468 valence electrons. The molecule has 6 heteroatoms. The molecular weight excluding hydrogens is 1240 g/mol. The third-order valence-electron chi connectivity index (χ3n) is 21.3. The number of rotatable bonds is 9. The highest BCUT2D eigenvalue weighted by Crippen LogP contribution is 2.65. The van der Waals surface area contributed by atoms with Crippen LogP contribution in [0.2, 0.25) is 0 Å². The van der Waals surface area contributed by atoms with Crippen molar-refractivity contribution in [2.75, 3.05) is 0 Å². The molecule has 2 spiro atoms. The average molecular weight is 1300 g/mol. The van der Waals surface area contributed by atoms with Crippen molar-refractivity contribution in [3.63, 3.8) is 0 Å². The Morgan fingerprint density at radius 2 is 0.650 bits per heavy atom. The van der Waals surface area contributed by atoms with Crippen molar-refractivity contribution in [3.05, 3.63) is 402 Å². The van der Waals surface area contributed by atoms with E-state index in [-0.39, 0.29) is 0 Å². The zero-order valence-corrected chi connectivity index (χ0v) is 55.0. The molecule has 2 aliphatic carbocycles. The Labute approximate surface area is 580 Å². The number of aromatic nitrogens is 2. The summed E-state index contributed by atoms with van der Waals surface area (Å²) in [5.41, 5.74) is 24.8. The molecule has 4 aliphatic rings. The van der Waals surface area contributed by atoms with Crippen LogP contribution in [0.5, 0.6) is 23.0 Å². The van der Waals surface area contributed by atoms with E-state index in [1.807, 2.05) is 54.6 Å².